The number of rotatable bonds is 3. The zero-order valence-corrected chi connectivity index (χ0v) is 8.34. The maximum Gasteiger partial charge on any atom is 0.122 e. The molecule has 1 aromatic carbocycles. The third-order valence-corrected chi connectivity index (χ3v) is 2.76. The van der Waals surface area contributed by atoms with Crippen LogP contribution >= 0.6 is 0 Å². The summed E-state index contributed by atoms with van der Waals surface area (Å²) in [5.41, 5.74) is 2.93. The predicted molar refractivity (Wildman–Crippen MR) is 54.3 cm³/mol. The van der Waals surface area contributed by atoms with Crippen molar-refractivity contribution in [2.24, 2.45) is 0 Å². The smallest absolute Gasteiger partial charge is 0.122 e. The SMILES string of the molecule is CCc1c(OC)cccc1C1CC1. The number of ether oxygens (including phenoxy) is 1. The lowest BCUT2D eigenvalue weighted by Crippen LogP contribution is -1.95. The van der Waals surface area contributed by atoms with Crippen LogP contribution in [0.1, 0.15) is 36.8 Å². The zero-order valence-electron chi connectivity index (χ0n) is 8.34. The van der Waals surface area contributed by atoms with E-state index in [1.165, 1.54) is 24.0 Å². The molecule has 1 aliphatic carbocycles. The van der Waals surface area contributed by atoms with Crippen molar-refractivity contribution in [3.05, 3.63) is 29.3 Å². The fourth-order valence-corrected chi connectivity index (χ4v) is 1.93. The number of methoxy groups -OCH3 is 1. The van der Waals surface area contributed by atoms with Gasteiger partial charge in [0, 0.05) is 0 Å². The zero-order chi connectivity index (χ0) is 9.26. The quantitative estimate of drug-likeness (QED) is 0.687. The molecule has 0 unspecified atom stereocenters. The second kappa shape index (κ2) is 3.41. The Kier molecular flexibility index (Phi) is 2.26. The van der Waals surface area contributed by atoms with Gasteiger partial charge in [-0.25, -0.2) is 0 Å². The molecule has 0 heterocycles. The molecule has 0 aliphatic heterocycles. The van der Waals surface area contributed by atoms with Gasteiger partial charge in [0.25, 0.3) is 0 Å². The van der Waals surface area contributed by atoms with Crippen LogP contribution in [0.15, 0.2) is 18.2 Å². The molecule has 0 atom stereocenters. The molecular weight excluding hydrogens is 160 g/mol. The minimum absolute atomic E-state index is 0.824. The minimum Gasteiger partial charge on any atom is -0.496 e. The van der Waals surface area contributed by atoms with Crippen LogP contribution in [0.3, 0.4) is 0 Å². The third kappa shape index (κ3) is 1.55. The Bertz CT molecular complexity index is 300. The van der Waals surface area contributed by atoms with Gasteiger partial charge in [-0.2, -0.15) is 0 Å². The summed E-state index contributed by atoms with van der Waals surface area (Å²) in [4.78, 5) is 0. The molecule has 0 radical (unpaired) electrons. The Hall–Kier alpha value is -0.980. The van der Waals surface area contributed by atoms with Crippen LogP contribution in [0, 0.1) is 0 Å². The van der Waals surface area contributed by atoms with Crippen LogP contribution in [0.2, 0.25) is 0 Å². The fraction of sp³-hybridized carbons (Fsp3) is 0.500. The van der Waals surface area contributed by atoms with Crippen molar-refractivity contribution < 1.29 is 4.74 Å². The lowest BCUT2D eigenvalue weighted by Gasteiger charge is -2.11. The molecule has 0 amide bonds. The molecule has 0 spiro atoms. The van der Waals surface area contributed by atoms with E-state index >= 15 is 0 Å². The van der Waals surface area contributed by atoms with Crippen LogP contribution in [0.5, 0.6) is 5.75 Å². The van der Waals surface area contributed by atoms with Crippen LogP contribution < -0.4 is 4.74 Å². The summed E-state index contributed by atoms with van der Waals surface area (Å²) in [5.74, 6) is 1.89. The maximum absolute atomic E-state index is 5.35. The number of hydrogen-bond donors (Lipinski definition) is 0. The van der Waals surface area contributed by atoms with Gasteiger partial charge in [0.2, 0.25) is 0 Å². The van der Waals surface area contributed by atoms with Gasteiger partial charge in [-0.1, -0.05) is 19.1 Å². The van der Waals surface area contributed by atoms with Gasteiger partial charge in [0.15, 0.2) is 0 Å². The molecule has 13 heavy (non-hydrogen) atoms. The molecule has 1 nitrogen and oxygen atoms in total. The van der Waals surface area contributed by atoms with E-state index in [1.54, 1.807) is 7.11 Å². The molecule has 2 rings (SSSR count). The van der Waals surface area contributed by atoms with E-state index in [4.69, 9.17) is 4.74 Å². The first kappa shape index (κ1) is 8.61. The molecule has 1 saturated carbocycles. The van der Waals surface area contributed by atoms with Gasteiger partial charge in [-0.05, 0) is 42.4 Å². The van der Waals surface area contributed by atoms with Crippen molar-refractivity contribution in [1.29, 1.82) is 0 Å². The van der Waals surface area contributed by atoms with Crippen molar-refractivity contribution in [3.63, 3.8) is 0 Å². The van der Waals surface area contributed by atoms with Crippen molar-refractivity contribution in [3.8, 4) is 5.75 Å². The van der Waals surface area contributed by atoms with Gasteiger partial charge in [-0.3, -0.25) is 0 Å². The Morgan fingerprint density at radius 2 is 2.15 bits per heavy atom. The van der Waals surface area contributed by atoms with Gasteiger partial charge < -0.3 is 4.74 Å². The van der Waals surface area contributed by atoms with Gasteiger partial charge in [0.1, 0.15) is 5.75 Å². The predicted octanol–water partition coefficient (Wildman–Crippen LogP) is 3.14. The van der Waals surface area contributed by atoms with E-state index in [0.29, 0.717) is 0 Å². The summed E-state index contributed by atoms with van der Waals surface area (Å²) >= 11 is 0. The minimum atomic E-state index is 0.824. The monoisotopic (exact) mass is 176 g/mol. The molecular formula is C12H16O. The summed E-state index contributed by atoms with van der Waals surface area (Å²) in [5, 5.41) is 0. The van der Waals surface area contributed by atoms with Crippen LogP contribution in [-0.2, 0) is 6.42 Å². The summed E-state index contributed by atoms with van der Waals surface area (Å²) in [6, 6.07) is 6.41. The largest absolute Gasteiger partial charge is 0.496 e. The number of hydrogen-bond acceptors (Lipinski definition) is 1. The standard InChI is InChI=1S/C12H16O/c1-3-10-11(9-7-8-9)5-4-6-12(10)13-2/h4-6,9H,3,7-8H2,1-2H3. The highest BCUT2D eigenvalue weighted by atomic mass is 16.5. The normalized spacial score (nSPS) is 15.8. The molecule has 1 aliphatic rings. The van der Waals surface area contributed by atoms with Crippen molar-refractivity contribution >= 4 is 0 Å². The van der Waals surface area contributed by atoms with E-state index in [0.717, 1.165) is 18.1 Å². The highest BCUT2D eigenvalue weighted by molar-refractivity contribution is 5.43. The Labute approximate surface area is 79.7 Å². The van der Waals surface area contributed by atoms with Gasteiger partial charge >= 0.3 is 0 Å². The summed E-state index contributed by atoms with van der Waals surface area (Å²) < 4.78 is 5.35. The lowest BCUT2D eigenvalue weighted by atomic mass is 10.0. The second-order valence-electron chi connectivity index (χ2n) is 3.66. The van der Waals surface area contributed by atoms with E-state index in [1.807, 2.05) is 0 Å². The average Bonchev–Trinajstić information content (AvgIpc) is 2.99. The van der Waals surface area contributed by atoms with Crippen LogP contribution in [0.25, 0.3) is 0 Å². The van der Waals surface area contributed by atoms with Crippen molar-refractivity contribution in [2.75, 3.05) is 7.11 Å². The summed E-state index contributed by atoms with van der Waals surface area (Å²) in [6.45, 7) is 2.20. The van der Waals surface area contributed by atoms with Gasteiger partial charge in [0.05, 0.1) is 7.11 Å². The van der Waals surface area contributed by atoms with Crippen LogP contribution in [0.4, 0.5) is 0 Å². The summed E-state index contributed by atoms with van der Waals surface area (Å²) in [7, 11) is 1.76. The van der Waals surface area contributed by atoms with Crippen LogP contribution in [-0.4, -0.2) is 7.11 Å². The first-order valence-electron chi connectivity index (χ1n) is 5.02. The lowest BCUT2D eigenvalue weighted by molar-refractivity contribution is 0.409. The molecule has 0 N–H and O–H groups in total. The highest BCUT2D eigenvalue weighted by Crippen LogP contribution is 2.43. The average molecular weight is 176 g/mol. The van der Waals surface area contributed by atoms with E-state index in [-0.39, 0.29) is 0 Å². The highest BCUT2D eigenvalue weighted by Gasteiger charge is 2.26. The van der Waals surface area contributed by atoms with Crippen molar-refractivity contribution in [1.82, 2.24) is 0 Å². The summed E-state index contributed by atoms with van der Waals surface area (Å²) in [6.07, 6.45) is 3.80. The fourth-order valence-electron chi connectivity index (χ4n) is 1.93. The Morgan fingerprint density at radius 1 is 1.38 bits per heavy atom. The molecule has 0 aromatic heterocycles. The van der Waals surface area contributed by atoms with Crippen molar-refractivity contribution in [2.45, 2.75) is 32.1 Å². The molecule has 1 aromatic rings. The molecule has 1 heteroatoms. The molecule has 70 valence electrons. The first-order valence-corrected chi connectivity index (χ1v) is 5.02. The van der Waals surface area contributed by atoms with Gasteiger partial charge in [-0.15, -0.1) is 0 Å². The number of benzene rings is 1. The van der Waals surface area contributed by atoms with E-state index < -0.39 is 0 Å². The molecule has 0 bridgehead atoms. The molecule has 1 fully saturated rings. The third-order valence-electron chi connectivity index (χ3n) is 2.76. The Balaban J connectivity index is 2.41. The first-order chi connectivity index (χ1) is 6.36. The second-order valence-corrected chi connectivity index (χ2v) is 3.66. The van der Waals surface area contributed by atoms with E-state index in [9.17, 15) is 0 Å². The topological polar surface area (TPSA) is 9.23 Å². The molecule has 0 saturated heterocycles. The van der Waals surface area contributed by atoms with E-state index in [2.05, 4.69) is 25.1 Å². The Morgan fingerprint density at radius 3 is 2.69 bits per heavy atom. The maximum atomic E-state index is 5.35.